The zero-order valence-corrected chi connectivity index (χ0v) is 16.2. The average molecular weight is 390 g/mol. The van der Waals surface area contributed by atoms with E-state index in [1.54, 1.807) is 6.20 Å². The molecule has 30 heavy (non-hydrogen) atoms. The summed E-state index contributed by atoms with van der Waals surface area (Å²) < 4.78 is 0. The first-order chi connectivity index (χ1) is 14.8. The third-order valence-electron chi connectivity index (χ3n) is 5.68. The van der Waals surface area contributed by atoms with Crippen molar-refractivity contribution < 1.29 is 0 Å². The van der Waals surface area contributed by atoms with E-state index in [0.29, 0.717) is 22.8 Å². The van der Waals surface area contributed by atoms with Gasteiger partial charge in [0.2, 0.25) is 5.43 Å². The monoisotopic (exact) mass is 390 g/mol. The van der Waals surface area contributed by atoms with Crippen LogP contribution in [0.15, 0.2) is 77.9 Å². The van der Waals surface area contributed by atoms with Crippen molar-refractivity contribution >= 4 is 22.1 Å². The van der Waals surface area contributed by atoms with Gasteiger partial charge in [0.05, 0.1) is 16.9 Å². The van der Waals surface area contributed by atoms with Crippen LogP contribution in [-0.4, -0.2) is 19.9 Å². The molecule has 0 radical (unpaired) electrons. The number of rotatable bonds is 3. The molecule has 1 aliphatic carbocycles. The molecule has 1 aliphatic rings. The quantitative estimate of drug-likeness (QED) is 0.466. The lowest BCUT2D eigenvalue weighted by Crippen LogP contribution is -2.12. The molecule has 6 rings (SSSR count). The predicted octanol–water partition coefficient (Wildman–Crippen LogP) is 5.08. The van der Waals surface area contributed by atoms with E-state index >= 15 is 0 Å². The van der Waals surface area contributed by atoms with Crippen LogP contribution in [-0.2, 0) is 0 Å². The van der Waals surface area contributed by atoms with Gasteiger partial charge in [0, 0.05) is 34.5 Å². The van der Waals surface area contributed by atoms with Crippen molar-refractivity contribution in [3.8, 4) is 22.5 Å². The highest BCUT2D eigenvalue weighted by molar-refractivity contribution is 5.89. The maximum atomic E-state index is 13.1. The van der Waals surface area contributed by atoms with Crippen molar-refractivity contribution in [3.05, 3.63) is 88.8 Å². The summed E-state index contributed by atoms with van der Waals surface area (Å²) in [5, 5.41) is 1.02. The molecule has 1 N–H and O–H groups in total. The summed E-state index contributed by atoms with van der Waals surface area (Å²) in [5.41, 5.74) is 5.99. The first-order valence-corrected chi connectivity index (χ1v) is 10.1. The van der Waals surface area contributed by atoms with Crippen LogP contribution in [0.1, 0.15) is 24.3 Å². The molecule has 3 heterocycles. The van der Waals surface area contributed by atoms with E-state index < -0.39 is 0 Å². The minimum Gasteiger partial charge on any atom is -0.344 e. The molecule has 1 saturated carbocycles. The van der Waals surface area contributed by atoms with Gasteiger partial charge in [-0.2, -0.15) is 0 Å². The van der Waals surface area contributed by atoms with Crippen molar-refractivity contribution in [2.75, 3.05) is 0 Å². The van der Waals surface area contributed by atoms with Gasteiger partial charge < -0.3 is 4.98 Å². The van der Waals surface area contributed by atoms with Gasteiger partial charge in [-0.05, 0) is 37.0 Å². The molecule has 3 aromatic heterocycles. The summed E-state index contributed by atoms with van der Waals surface area (Å²) in [6, 6.07) is 19.9. The molecule has 0 aliphatic heterocycles. The summed E-state index contributed by atoms with van der Waals surface area (Å²) in [6.45, 7) is 0. The van der Waals surface area contributed by atoms with Crippen molar-refractivity contribution in [2.45, 2.75) is 18.8 Å². The molecule has 0 saturated heterocycles. The van der Waals surface area contributed by atoms with E-state index in [1.165, 1.54) is 0 Å². The molecule has 0 spiro atoms. The highest BCUT2D eigenvalue weighted by Gasteiger charge is 2.27. The van der Waals surface area contributed by atoms with Gasteiger partial charge in [-0.15, -0.1) is 0 Å². The fourth-order valence-electron chi connectivity index (χ4n) is 3.96. The number of H-pyrrole nitrogens is 1. The van der Waals surface area contributed by atoms with E-state index in [0.717, 1.165) is 46.1 Å². The molecule has 0 unspecified atom stereocenters. The lowest BCUT2D eigenvalue weighted by atomic mass is 10.0. The van der Waals surface area contributed by atoms with Crippen molar-refractivity contribution in [1.82, 2.24) is 19.9 Å². The Morgan fingerprint density at radius 3 is 2.53 bits per heavy atom. The van der Waals surface area contributed by atoms with Gasteiger partial charge in [-0.1, -0.05) is 42.5 Å². The second-order valence-electron chi connectivity index (χ2n) is 7.74. The first kappa shape index (κ1) is 17.0. The van der Waals surface area contributed by atoms with Crippen molar-refractivity contribution in [1.29, 1.82) is 0 Å². The number of pyridine rings is 2. The van der Waals surface area contributed by atoms with Crippen molar-refractivity contribution in [2.24, 2.45) is 0 Å². The second kappa shape index (κ2) is 6.59. The van der Waals surface area contributed by atoms with Gasteiger partial charge >= 0.3 is 0 Å². The lowest BCUT2D eigenvalue weighted by molar-refractivity contribution is 1.07. The summed E-state index contributed by atoms with van der Waals surface area (Å²) in [6.07, 6.45) is 5.72. The van der Waals surface area contributed by atoms with Crippen LogP contribution in [0.3, 0.4) is 0 Å². The fraction of sp³-hybridized carbons (Fsp3) is 0.120. The Balaban J connectivity index is 1.66. The second-order valence-corrected chi connectivity index (χ2v) is 7.74. The molecule has 144 valence electrons. The van der Waals surface area contributed by atoms with Crippen LogP contribution in [0.2, 0.25) is 0 Å². The van der Waals surface area contributed by atoms with Gasteiger partial charge in [-0.3, -0.25) is 9.78 Å². The predicted molar refractivity (Wildman–Crippen MR) is 118 cm³/mol. The minimum atomic E-state index is -0.0120. The topological polar surface area (TPSA) is 71.5 Å². The molecule has 1 fully saturated rings. The number of fused-ring (bicyclic) bond motifs is 2. The average Bonchev–Trinajstić information content (AvgIpc) is 3.64. The Morgan fingerprint density at radius 2 is 1.70 bits per heavy atom. The maximum Gasteiger partial charge on any atom is 0.212 e. The summed E-state index contributed by atoms with van der Waals surface area (Å²) in [7, 11) is 0. The number of aromatic nitrogens is 4. The smallest absolute Gasteiger partial charge is 0.212 e. The summed E-state index contributed by atoms with van der Waals surface area (Å²) in [5.74, 6) is 0.351. The Labute approximate surface area is 172 Å². The molecule has 5 heteroatoms. The van der Waals surface area contributed by atoms with Gasteiger partial charge in [0.1, 0.15) is 0 Å². The van der Waals surface area contributed by atoms with E-state index in [4.69, 9.17) is 9.97 Å². The highest BCUT2D eigenvalue weighted by atomic mass is 16.1. The zero-order valence-electron chi connectivity index (χ0n) is 16.2. The highest BCUT2D eigenvalue weighted by Crippen LogP contribution is 2.38. The third kappa shape index (κ3) is 2.78. The molecule has 2 aromatic carbocycles. The van der Waals surface area contributed by atoms with Crippen LogP contribution in [0, 0.1) is 0 Å². The number of hydrogen-bond donors (Lipinski definition) is 1. The number of aromatic amines is 1. The molecular formula is C25H18N4O. The van der Waals surface area contributed by atoms with Crippen molar-refractivity contribution in [3.63, 3.8) is 0 Å². The summed E-state index contributed by atoms with van der Waals surface area (Å²) in [4.78, 5) is 30.5. The number of benzene rings is 2. The number of nitrogens with one attached hydrogen (secondary N) is 1. The Morgan fingerprint density at radius 1 is 0.867 bits per heavy atom. The van der Waals surface area contributed by atoms with E-state index in [-0.39, 0.29) is 5.43 Å². The number of hydrogen-bond acceptors (Lipinski definition) is 4. The number of nitrogens with zero attached hydrogens (tertiary/aromatic N) is 3. The van der Waals surface area contributed by atoms with Crippen LogP contribution >= 0.6 is 0 Å². The molecule has 5 nitrogen and oxygen atoms in total. The van der Waals surface area contributed by atoms with Crippen LogP contribution < -0.4 is 5.43 Å². The molecule has 0 bridgehead atoms. The maximum absolute atomic E-state index is 13.1. The van der Waals surface area contributed by atoms with Crippen LogP contribution in [0.25, 0.3) is 44.6 Å². The minimum absolute atomic E-state index is 0.0120. The standard InChI is InChI=1S/C25H18N4O/c30-24-19(15-8-9-15)14-27-25-23(24)28-22(21(29-25)16-5-2-1-3-6-16)18-10-11-20-17(13-18)7-4-12-26-20/h1-7,10-15H,8-9H2,(H,27,29,30). The Kier molecular flexibility index (Phi) is 3.74. The van der Waals surface area contributed by atoms with E-state index in [1.807, 2.05) is 60.8 Å². The zero-order chi connectivity index (χ0) is 20.1. The molecule has 0 atom stereocenters. The molecule has 5 aromatic rings. The van der Waals surface area contributed by atoms with Gasteiger partial charge in [-0.25, -0.2) is 9.97 Å². The first-order valence-electron chi connectivity index (χ1n) is 10.1. The normalized spacial score (nSPS) is 13.7. The summed E-state index contributed by atoms with van der Waals surface area (Å²) >= 11 is 0. The fourth-order valence-corrected chi connectivity index (χ4v) is 3.96. The largest absolute Gasteiger partial charge is 0.344 e. The SMILES string of the molecule is O=c1c(C2CC2)c[nH]c2nc(-c3ccccc3)c(-c3ccc4ncccc4c3)nc12. The third-order valence-corrected chi connectivity index (χ3v) is 5.68. The molecular weight excluding hydrogens is 372 g/mol. The van der Waals surface area contributed by atoms with Crippen LogP contribution in [0.5, 0.6) is 0 Å². The van der Waals surface area contributed by atoms with E-state index in [9.17, 15) is 4.79 Å². The Bertz CT molecular complexity index is 1470. The Hall–Kier alpha value is -3.86. The van der Waals surface area contributed by atoms with Crippen LogP contribution in [0.4, 0.5) is 0 Å². The lowest BCUT2D eigenvalue weighted by Gasteiger charge is -2.11. The van der Waals surface area contributed by atoms with E-state index in [2.05, 4.69) is 16.0 Å². The van der Waals surface area contributed by atoms with Gasteiger partial charge in [0.25, 0.3) is 0 Å². The van der Waals surface area contributed by atoms with Gasteiger partial charge in [0.15, 0.2) is 11.2 Å². The molecule has 0 amide bonds.